The van der Waals surface area contributed by atoms with E-state index in [0.717, 1.165) is 13.1 Å². The van der Waals surface area contributed by atoms with Gasteiger partial charge in [-0.1, -0.05) is 8.44 Å². The molecule has 0 rings (SSSR count). The average molecular weight is 560 g/mol. The summed E-state index contributed by atoms with van der Waals surface area (Å²) >= 11 is 1.21. The molecule has 3 radical (unpaired) electrons. The van der Waals surface area contributed by atoms with Crippen molar-refractivity contribution in [1.29, 1.82) is 0 Å². The van der Waals surface area contributed by atoms with Gasteiger partial charge in [0.25, 0.3) is 0 Å². The molecule has 0 aromatic heterocycles. The topological polar surface area (TPSA) is 125 Å². The summed E-state index contributed by atoms with van der Waals surface area (Å²) in [5.41, 5.74) is 0. The van der Waals surface area contributed by atoms with Gasteiger partial charge < -0.3 is 30.6 Å². The van der Waals surface area contributed by atoms with Crippen molar-refractivity contribution in [3.8, 4) is 0 Å². The van der Waals surface area contributed by atoms with Crippen molar-refractivity contribution in [2.45, 2.75) is 0 Å². The van der Waals surface area contributed by atoms with E-state index in [4.69, 9.17) is 5.11 Å². The number of carbonyl (C=O) groups excluding carboxylic acids is 3. The maximum atomic E-state index is 11.1. The molecule has 0 heterocycles. The van der Waals surface area contributed by atoms with Crippen LogP contribution in [0.1, 0.15) is 0 Å². The van der Waals surface area contributed by atoms with Gasteiger partial charge in [0.1, 0.15) is 12.5 Å². The standard InChI is InChI=1S/C8H12N3O5PS.3Y/c12-5(2-10-7(14)4-18-17)9-1-6(13)11-3-8(15)16;;;/h1-2H,3-4,17H2,(H,9,12)(H,10,14)(H,11,13)(H,15,16);;;/q-2;;;. The van der Waals surface area contributed by atoms with Crippen LogP contribution in [0.4, 0.5) is 0 Å². The molecule has 0 aliphatic carbocycles. The van der Waals surface area contributed by atoms with Gasteiger partial charge >= 0.3 is 5.97 Å². The second-order valence-electron chi connectivity index (χ2n) is 2.79. The van der Waals surface area contributed by atoms with Gasteiger partial charge in [0.2, 0.25) is 5.91 Å². The van der Waals surface area contributed by atoms with Crippen LogP contribution in [0.25, 0.3) is 0 Å². The maximum absolute atomic E-state index is 11.1. The Morgan fingerprint density at radius 2 is 1.52 bits per heavy atom. The number of hydrogen-bond acceptors (Lipinski definition) is 5. The summed E-state index contributed by atoms with van der Waals surface area (Å²) < 4.78 is 0. The fourth-order valence-electron chi connectivity index (χ4n) is 0.655. The van der Waals surface area contributed by atoms with Gasteiger partial charge in [0.05, 0.1) is 11.7 Å². The van der Waals surface area contributed by atoms with E-state index in [9.17, 15) is 19.2 Å². The summed E-state index contributed by atoms with van der Waals surface area (Å²) in [6, 6.07) is 0. The van der Waals surface area contributed by atoms with Gasteiger partial charge in [0.15, 0.2) is 0 Å². The van der Waals surface area contributed by atoms with E-state index in [-0.39, 0.29) is 110 Å². The molecule has 0 aliphatic heterocycles. The molecule has 8 nitrogen and oxygen atoms in total. The smallest absolute Gasteiger partial charge is 0.322 e. The summed E-state index contributed by atoms with van der Waals surface area (Å²) in [5, 5.41) is 14.5. The summed E-state index contributed by atoms with van der Waals surface area (Å²) in [5.74, 6) is -2.84. The first-order valence-electron chi connectivity index (χ1n) is 4.53. The number of aliphatic carboxylic acids is 1. The minimum absolute atomic E-state index is 0. The van der Waals surface area contributed by atoms with Crippen LogP contribution in [0.3, 0.4) is 0 Å². The quantitative estimate of drug-likeness (QED) is 0.207. The normalized spacial score (nSPS) is 7.67. The second-order valence-corrected chi connectivity index (χ2v) is 4.41. The summed E-state index contributed by atoms with van der Waals surface area (Å²) in [6.07, 6.45) is 0. The Balaban J connectivity index is -0.000000482. The van der Waals surface area contributed by atoms with E-state index in [1.54, 1.807) is 0 Å². The minimum Gasteiger partial charge on any atom is -0.506 e. The van der Waals surface area contributed by atoms with Gasteiger partial charge in [-0.3, -0.25) is 9.59 Å². The molecular weight excluding hydrogens is 548 g/mol. The van der Waals surface area contributed by atoms with Crippen molar-refractivity contribution in [2.75, 3.05) is 12.3 Å². The van der Waals surface area contributed by atoms with Crippen LogP contribution >= 0.6 is 19.8 Å². The first-order valence-corrected chi connectivity index (χ1v) is 6.99. The third kappa shape index (κ3) is 21.7. The van der Waals surface area contributed by atoms with Crippen LogP contribution < -0.4 is 16.0 Å². The van der Waals surface area contributed by atoms with E-state index in [1.807, 2.05) is 5.32 Å². The van der Waals surface area contributed by atoms with E-state index < -0.39 is 24.3 Å². The fourth-order valence-corrected chi connectivity index (χ4v) is 1.34. The Bertz CT molecular complexity index is 351. The molecule has 13 heteroatoms. The van der Waals surface area contributed by atoms with Crippen LogP contribution in [-0.2, 0) is 117 Å². The molecule has 0 fully saturated rings. The van der Waals surface area contributed by atoms with Crippen molar-refractivity contribution in [2.24, 2.45) is 0 Å². The monoisotopic (exact) mass is 560 g/mol. The third-order valence-electron chi connectivity index (χ3n) is 1.34. The zero-order valence-electron chi connectivity index (χ0n) is 10.9. The van der Waals surface area contributed by atoms with Crippen molar-refractivity contribution < 1.29 is 122 Å². The van der Waals surface area contributed by atoms with Crippen LogP contribution in [0.5, 0.6) is 0 Å². The first kappa shape index (κ1) is 30.6. The molecule has 0 saturated carbocycles. The van der Waals surface area contributed by atoms with E-state index in [2.05, 4.69) is 19.1 Å². The molecular formula is C8H12N3O5PSY3-2. The molecule has 21 heavy (non-hydrogen) atoms. The van der Waals surface area contributed by atoms with Gasteiger partial charge in [0, 0.05) is 98.1 Å². The largest absolute Gasteiger partial charge is 0.506 e. The Labute approximate surface area is 204 Å². The molecule has 0 bridgehead atoms. The number of carboxylic acids is 1. The number of nitrogens with one attached hydrogen (secondary N) is 3. The number of carboxylic acid groups (broad SMARTS) is 1. The molecule has 0 spiro atoms. The predicted molar refractivity (Wildman–Crippen MR) is 67.7 cm³/mol. The number of hydrogen-bond donors (Lipinski definition) is 4. The van der Waals surface area contributed by atoms with Gasteiger partial charge in [-0.05, 0) is 0 Å². The van der Waals surface area contributed by atoms with E-state index in [1.165, 1.54) is 11.4 Å². The van der Waals surface area contributed by atoms with E-state index >= 15 is 0 Å². The summed E-state index contributed by atoms with van der Waals surface area (Å²) in [6.45, 7) is 1.08. The zero-order valence-corrected chi connectivity index (χ0v) is 21.4. The SMILES string of the molecule is O=C(O)CNC(=O)[CH-]NC(=O)[CH-]NC(=O)CSP.[Y].[Y].[Y]. The van der Waals surface area contributed by atoms with Crippen LogP contribution in [-0.4, -0.2) is 41.1 Å². The Morgan fingerprint density at radius 1 is 1.00 bits per heavy atom. The van der Waals surface area contributed by atoms with Crippen LogP contribution in [0.15, 0.2) is 0 Å². The Morgan fingerprint density at radius 3 is 2.00 bits per heavy atom. The average Bonchev–Trinajstić information content (AvgIpc) is 2.31. The first-order chi connectivity index (χ1) is 8.45. The summed E-state index contributed by atoms with van der Waals surface area (Å²) in [7, 11) is 2.28. The number of carbonyl (C=O) groups is 4. The number of amides is 3. The summed E-state index contributed by atoms with van der Waals surface area (Å²) in [4.78, 5) is 43.1. The maximum Gasteiger partial charge on any atom is 0.322 e. The number of rotatable bonds is 8. The molecule has 111 valence electrons. The molecule has 1 unspecified atom stereocenters. The zero-order chi connectivity index (χ0) is 14.0. The van der Waals surface area contributed by atoms with Crippen molar-refractivity contribution in [3.63, 3.8) is 0 Å². The van der Waals surface area contributed by atoms with Crippen LogP contribution in [0, 0.1) is 13.1 Å². The molecule has 0 aromatic carbocycles. The Hall–Kier alpha value is 1.71. The molecule has 1 atom stereocenters. The fraction of sp³-hybridized carbons (Fsp3) is 0.250. The molecule has 0 aromatic rings. The molecule has 3 amide bonds. The van der Waals surface area contributed by atoms with E-state index in [0.29, 0.717) is 0 Å². The van der Waals surface area contributed by atoms with Crippen molar-refractivity contribution in [1.82, 2.24) is 16.0 Å². The van der Waals surface area contributed by atoms with Crippen molar-refractivity contribution >= 4 is 43.5 Å². The van der Waals surface area contributed by atoms with Crippen molar-refractivity contribution in [3.05, 3.63) is 13.1 Å². The molecule has 0 aliphatic rings. The second kappa shape index (κ2) is 19.8. The minimum atomic E-state index is -1.20. The molecule has 4 N–H and O–H groups in total. The predicted octanol–water partition coefficient (Wildman–Crippen LogP) is -1.74. The van der Waals surface area contributed by atoms with Gasteiger partial charge in [-0.2, -0.15) is 0 Å². The third-order valence-corrected chi connectivity index (χ3v) is 2.27. The molecule has 0 saturated heterocycles. The Kier molecular flexibility index (Phi) is 28.8. The van der Waals surface area contributed by atoms with Gasteiger partial charge in [-0.15, -0.1) is 11.4 Å². The van der Waals surface area contributed by atoms with Crippen LogP contribution in [0.2, 0.25) is 0 Å². The van der Waals surface area contributed by atoms with Gasteiger partial charge in [-0.25, -0.2) is 13.1 Å².